The molecule has 0 aromatic heterocycles. The molecule has 0 radical (unpaired) electrons. The summed E-state index contributed by atoms with van der Waals surface area (Å²) in [7, 11) is 0. The number of amides is 1. The molecule has 2 rings (SSSR count). The summed E-state index contributed by atoms with van der Waals surface area (Å²) in [5.41, 5.74) is 13.3. The van der Waals surface area contributed by atoms with Crippen LogP contribution in [0, 0.1) is 0 Å². The zero-order valence-electron chi connectivity index (χ0n) is 12.0. The number of primary amides is 1. The lowest BCUT2D eigenvalue weighted by Crippen LogP contribution is -2.31. The van der Waals surface area contributed by atoms with Gasteiger partial charge in [0.25, 0.3) is 0 Å². The van der Waals surface area contributed by atoms with E-state index >= 15 is 0 Å². The van der Waals surface area contributed by atoms with Crippen LogP contribution in [-0.2, 0) is 11.3 Å². The van der Waals surface area contributed by atoms with Gasteiger partial charge >= 0.3 is 0 Å². The predicted octanol–water partition coefficient (Wildman–Crippen LogP) is 1.37. The lowest BCUT2D eigenvalue weighted by atomic mass is 10.1. The third kappa shape index (κ3) is 3.71. The number of anilines is 1. The van der Waals surface area contributed by atoms with E-state index in [2.05, 4.69) is 11.8 Å². The van der Waals surface area contributed by atoms with E-state index in [1.165, 1.54) is 0 Å². The molecule has 1 unspecified atom stereocenters. The van der Waals surface area contributed by atoms with Crippen molar-refractivity contribution in [3.05, 3.63) is 29.3 Å². The zero-order chi connectivity index (χ0) is 14.5. The van der Waals surface area contributed by atoms with Gasteiger partial charge in [0, 0.05) is 30.9 Å². The summed E-state index contributed by atoms with van der Waals surface area (Å²) >= 11 is 0. The van der Waals surface area contributed by atoms with E-state index in [0.29, 0.717) is 17.4 Å². The van der Waals surface area contributed by atoms with E-state index < -0.39 is 5.91 Å². The second-order valence-corrected chi connectivity index (χ2v) is 5.24. The molecule has 1 fully saturated rings. The molecule has 5 heteroatoms. The van der Waals surface area contributed by atoms with Gasteiger partial charge in [-0.15, -0.1) is 0 Å². The number of hydrogen-bond acceptors (Lipinski definition) is 4. The van der Waals surface area contributed by atoms with Gasteiger partial charge < -0.3 is 16.2 Å². The Kier molecular flexibility index (Phi) is 4.98. The monoisotopic (exact) mass is 277 g/mol. The van der Waals surface area contributed by atoms with Gasteiger partial charge in [-0.25, -0.2) is 0 Å². The van der Waals surface area contributed by atoms with Crippen LogP contribution in [0.25, 0.3) is 0 Å². The van der Waals surface area contributed by atoms with Crippen molar-refractivity contribution in [1.82, 2.24) is 4.90 Å². The van der Waals surface area contributed by atoms with Crippen LogP contribution in [0.3, 0.4) is 0 Å². The number of hydrogen-bond donors (Lipinski definition) is 2. The van der Waals surface area contributed by atoms with Crippen LogP contribution in [0.15, 0.2) is 18.2 Å². The molecule has 0 bridgehead atoms. The van der Waals surface area contributed by atoms with Crippen LogP contribution in [0.5, 0.6) is 0 Å². The van der Waals surface area contributed by atoms with Gasteiger partial charge in [0.2, 0.25) is 5.91 Å². The Balaban J connectivity index is 2.01. The summed E-state index contributed by atoms with van der Waals surface area (Å²) < 4.78 is 5.67. The Morgan fingerprint density at radius 1 is 1.50 bits per heavy atom. The Bertz CT molecular complexity index is 470. The van der Waals surface area contributed by atoms with Crippen LogP contribution in [-0.4, -0.2) is 36.6 Å². The van der Waals surface area contributed by atoms with E-state index in [-0.39, 0.29) is 0 Å². The number of nitrogens with two attached hydrogens (primary N) is 2. The summed E-state index contributed by atoms with van der Waals surface area (Å²) in [5, 5.41) is 0. The molecule has 0 saturated carbocycles. The zero-order valence-corrected chi connectivity index (χ0v) is 12.0. The van der Waals surface area contributed by atoms with Gasteiger partial charge in [0.15, 0.2) is 0 Å². The number of rotatable bonds is 6. The van der Waals surface area contributed by atoms with E-state index in [1.54, 1.807) is 12.1 Å². The van der Waals surface area contributed by atoms with Gasteiger partial charge in [-0.2, -0.15) is 0 Å². The van der Waals surface area contributed by atoms with Crippen LogP contribution < -0.4 is 11.5 Å². The molecule has 4 N–H and O–H groups in total. The fraction of sp³-hybridized carbons (Fsp3) is 0.533. The normalized spacial score (nSPS) is 18.6. The number of likely N-dealkylation sites (N-methyl/N-ethyl adjacent to an activating group) is 1. The first-order valence-electron chi connectivity index (χ1n) is 7.12. The van der Waals surface area contributed by atoms with Gasteiger partial charge in [-0.05, 0) is 37.1 Å². The minimum atomic E-state index is -0.449. The molecule has 1 aromatic rings. The van der Waals surface area contributed by atoms with Crippen LogP contribution in [0.4, 0.5) is 5.69 Å². The molecule has 1 aliphatic heterocycles. The quantitative estimate of drug-likeness (QED) is 0.769. The van der Waals surface area contributed by atoms with Gasteiger partial charge in [0.1, 0.15) is 0 Å². The lowest BCUT2D eigenvalue weighted by molar-refractivity contribution is 0.0725. The maximum atomic E-state index is 11.1. The Morgan fingerprint density at radius 2 is 2.30 bits per heavy atom. The van der Waals surface area contributed by atoms with Crippen molar-refractivity contribution in [2.45, 2.75) is 32.4 Å². The molecule has 20 heavy (non-hydrogen) atoms. The first kappa shape index (κ1) is 14.8. The largest absolute Gasteiger partial charge is 0.398 e. The SMILES string of the molecule is CCN(Cc1ccc(C(N)=O)cc1N)CC1CCCO1. The van der Waals surface area contributed by atoms with Crippen molar-refractivity contribution < 1.29 is 9.53 Å². The summed E-state index contributed by atoms with van der Waals surface area (Å²) in [6, 6.07) is 5.26. The van der Waals surface area contributed by atoms with Gasteiger partial charge in [-0.3, -0.25) is 9.69 Å². The highest BCUT2D eigenvalue weighted by Gasteiger charge is 2.19. The molecule has 1 saturated heterocycles. The topological polar surface area (TPSA) is 81.6 Å². The second-order valence-electron chi connectivity index (χ2n) is 5.24. The highest BCUT2D eigenvalue weighted by molar-refractivity contribution is 5.93. The van der Waals surface area contributed by atoms with Crippen molar-refractivity contribution in [2.24, 2.45) is 5.73 Å². The second kappa shape index (κ2) is 6.72. The molecule has 1 aliphatic rings. The molecule has 110 valence electrons. The molecular weight excluding hydrogens is 254 g/mol. The van der Waals surface area contributed by atoms with E-state index in [4.69, 9.17) is 16.2 Å². The maximum Gasteiger partial charge on any atom is 0.248 e. The third-order valence-electron chi connectivity index (χ3n) is 3.76. The summed E-state index contributed by atoms with van der Waals surface area (Å²) in [4.78, 5) is 13.4. The van der Waals surface area contributed by atoms with Crippen molar-refractivity contribution in [3.8, 4) is 0 Å². The highest BCUT2D eigenvalue weighted by Crippen LogP contribution is 2.19. The number of carbonyl (C=O) groups is 1. The molecule has 0 aliphatic carbocycles. The average Bonchev–Trinajstić information content (AvgIpc) is 2.92. The van der Waals surface area contributed by atoms with E-state index in [1.807, 2.05) is 6.07 Å². The Labute approximate surface area is 119 Å². The molecule has 1 heterocycles. The Hall–Kier alpha value is -1.59. The number of benzene rings is 1. The number of nitrogens with zero attached hydrogens (tertiary/aromatic N) is 1. The fourth-order valence-corrected chi connectivity index (χ4v) is 2.51. The summed E-state index contributed by atoms with van der Waals surface area (Å²) in [5.74, 6) is -0.449. The van der Waals surface area contributed by atoms with Crippen molar-refractivity contribution in [1.29, 1.82) is 0 Å². The minimum Gasteiger partial charge on any atom is -0.398 e. The average molecular weight is 277 g/mol. The first-order valence-corrected chi connectivity index (χ1v) is 7.12. The Morgan fingerprint density at radius 3 is 2.85 bits per heavy atom. The number of carbonyl (C=O) groups excluding carboxylic acids is 1. The van der Waals surface area contributed by atoms with Crippen molar-refractivity contribution in [3.63, 3.8) is 0 Å². The van der Waals surface area contributed by atoms with Crippen molar-refractivity contribution >= 4 is 11.6 Å². The van der Waals surface area contributed by atoms with Crippen molar-refractivity contribution in [2.75, 3.05) is 25.4 Å². The third-order valence-corrected chi connectivity index (χ3v) is 3.76. The molecular formula is C15H23N3O2. The smallest absolute Gasteiger partial charge is 0.248 e. The van der Waals surface area contributed by atoms with Crippen LogP contribution in [0.1, 0.15) is 35.7 Å². The summed E-state index contributed by atoms with van der Waals surface area (Å²) in [6.07, 6.45) is 2.62. The molecule has 0 spiro atoms. The minimum absolute atomic E-state index is 0.334. The summed E-state index contributed by atoms with van der Waals surface area (Å²) in [6.45, 7) is 5.63. The van der Waals surface area contributed by atoms with E-state index in [9.17, 15) is 4.79 Å². The van der Waals surface area contributed by atoms with Gasteiger partial charge in [-0.1, -0.05) is 13.0 Å². The van der Waals surface area contributed by atoms with Crippen LogP contribution in [0.2, 0.25) is 0 Å². The number of ether oxygens (including phenoxy) is 1. The molecule has 1 aromatic carbocycles. The van der Waals surface area contributed by atoms with Crippen LogP contribution >= 0.6 is 0 Å². The van der Waals surface area contributed by atoms with Gasteiger partial charge in [0.05, 0.1) is 6.10 Å². The molecule has 1 amide bonds. The fourth-order valence-electron chi connectivity index (χ4n) is 2.51. The maximum absolute atomic E-state index is 11.1. The first-order chi connectivity index (χ1) is 9.60. The lowest BCUT2D eigenvalue weighted by Gasteiger charge is -2.24. The highest BCUT2D eigenvalue weighted by atomic mass is 16.5. The molecule has 5 nitrogen and oxygen atoms in total. The molecule has 1 atom stereocenters. The number of nitrogen functional groups attached to an aromatic ring is 1. The van der Waals surface area contributed by atoms with E-state index in [0.717, 1.165) is 44.6 Å². The predicted molar refractivity (Wildman–Crippen MR) is 79.3 cm³/mol. The standard InChI is InChI=1S/C15H23N3O2/c1-2-18(10-13-4-3-7-20-13)9-12-6-5-11(15(17)19)8-14(12)16/h5-6,8,13H,2-4,7,9-10,16H2,1H3,(H2,17,19).